The van der Waals surface area contributed by atoms with Crippen LogP contribution in [0.5, 0.6) is 0 Å². The summed E-state index contributed by atoms with van der Waals surface area (Å²) in [6, 6.07) is 9.45. The van der Waals surface area contributed by atoms with Crippen molar-refractivity contribution in [2.24, 2.45) is 0 Å². The van der Waals surface area contributed by atoms with Gasteiger partial charge in [-0.25, -0.2) is 4.79 Å². The van der Waals surface area contributed by atoms with E-state index in [2.05, 4.69) is 5.32 Å². The van der Waals surface area contributed by atoms with Crippen molar-refractivity contribution in [1.82, 2.24) is 5.32 Å². The molecule has 0 radical (unpaired) electrons. The fourth-order valence-electron chi connectivity index (χ4n) is 1.36. The van der Waals surface area contributed by atoms with E-state index >= 15 is 0 Å². The molecule has 1 aromatic carbocycles. The highest BCUT2D eigenvalue weighted by molar-refractivity contribution is 8.14. The van der Waals surface area contributed by atoms with E-state index in [1.54, 1.807) is 0 Å². The Morgan fingerprint density at radius 1 is 1.26 bits per heavy atom. The molecule has 1 amide bonds. The van der Waals surface area contributed by atoms with Crippen molar-refractivity contribution in [2.75, 3.05) is 6.54 Å². The van der Waals surface area contributed by atoms with Gasteiger partial charge < -0.3 is 10.1 Å². The predicted molar refractivity (Wildman–Crippen MR) is 77.0 cm³/mol. The molecule has 4 nitrogen and oxygen atoms in total. The summed E-state index contributed by atoms with van der Waals surface area (Å²) in [4.78, 5) is 22.8. The highest BCUT2D eigenvalue weighted by atomic mass is 32.2. The molecule has 0 unspecified atom stereocenters. The summed E-state index contributed by atoms with van der Waals surface area (Å²) in [7, 11) is 0. The highest BCUT2D eigenvalue weighted by Crippen LogP contribution is 2.11. The third kappa shape index (κ3) is 7.51. The number of thioether (sulfide) groups is 1. The standard InChI is InChI=1S/C14H19NO3S/c1-11(2)19-13(16)8-9-15-14(17)18-10-12-6-4-3-5-7-12/h3-7,11H,8-10H2,1-2H3,(H,15,17). The van der Waals surface area contributed by atoms with Crippen LogP contribution in [0.25, 0.3) is 0 Å². The first-order valence-electron chi connectivity index (χ1n) is 6.22. The smallest absolute Gasteiger partial charge is 0.407 e. The van der Waals surface area contributed by atoms with Gasteiger partial charge in [0.15, 0.2) is 5.12 Å². The lowest BCUT2D eigenvalue weighted by Gasteiger charge is -2.07. The molecule has 0 heterocycles. The summed E-state index contributed by atoms with van der Waals surface area (Å²) >= 11 is 1.29. The number of hydrogen-bond donors (Lipinski definition) is 1. The molecule has 0 bridgehead atoms. The first-order chi connectivity index (χ1) is 9.08. The second kappa shape index (κ2) is 8.58. The number of nitrogens with one attached hydrogen (secondary N) is 1. The van der Waals surface area contributed by atoms with Crippen LogP contribution in [0.2, 0.25) is 0 Å². The van der Waals surface area contributed by atoms with E-state index in [9.17, 15) is 9.59 Å². The van der Waals surface area contributed by atoms with Gasteiger partial charge in [0.2, 0.25) is 0 Å². The molecule has 0 atom stereocenters. The zero-order valence-electron chi connectivity index (χ0n) is 11.2. The van der Waals surface area contributed by atoms with Crippen molar-refractivity contribution in [1.29, 1.82) is 0 Å². The normalized spacial score (nSPS) is 10.3. The molecule has 1 aromatic rings. The molecule has 0 spiro atoms. The number of benzene rings is 1. The predicted octanol–water partition coefficient (Wildman–Crippen LogP) is 2.97. The monoisotopic (exact) mass is 281 g/mol. The van der Waals surface area contributed by atoms with Crippen LogP contribution in [-0.4, -0.2) is 23.0 Å². The van der Waals surface area contributed by atoms with E-state index in [4.69, 9.17) is 4.74 Å². The average molecular weight is 281 g/mol. The van der Waals surface area contributed by atoms with Crippen molar-refractivity contribution in [3.05, 3.63) is 35.9 Å². The first-order valence-corrected chi connectivity index (χ1v) is 7.10. The third-order valence-electron chi connectivity index (χ3n) is 2.18. The van der Waals surface area contributed by atoms with Gasteiger partial charge in [-0.2, -0.15) is 0 Å². The van der Waals surface area contributed by atoms with E-state index in [1.807, 2.05) is 44.2 Å². The van der Waals surface area contributed by atoms with Crippen LogP contribution in [0.4, 0.5) is 4.79 Å². The lowest BCUT2D eigenvalue weighted by Crippen LogP contribution is -2.26. The number of ether oxygens (including phenoxy) is 1. The lowest BCUT2D eigenvalue weighted by molar-refractivity contribution is -0.110. The molecule has 0 aliphatic heterocycles. The largest absolute Gasteiger partial charge is 0.445 e. The van der Waals surface area contributed by atoms with Gasteiger partial charge in [0.25, 0.3) is 0 Å². The highest BCUT2D eigenvalue weighted by Gasteiger charge is 2.07. The maximum Gasteiger partial charge on any atom is 0.407 e. The van der Waals surface area contributed by atoms with Gasteiger partial charge in [-0.3, -0.25) is 4.79 Å². The Hall–Kier alpha value is -1.49. The van der Waals surface area contributed by atoms with Crippen LogP contribution in [0.3, 0.4) is 0 Å². The molecule has 5 heteroatoms. The number of amides is 1. The van der Waals surface area contributed by atoms with Gasteiger partial charge >= 0.3 is 6.09 Å². The van der Waals surface area contributed by atoms with Gasteiger partial charge in [0.05, 0.1) is 0 Å². The van der Waals surface area contributed by atoms with Crippen molar-refractivity contribution in [3.63, 3.8) is 0 Å². The van der Waals surface area contributed by atoms with Crippen molar-refractivity contribution < 1.29 is 14.3 Å². The van der Waals surface area contributed by atoms with E-state index in [1.165, 1.54) is 11.8 Å². The van der Waals surface area contributed by atoms with E-state index < -0.39 is 6.09 Å². The third-order valence-corrected chi connectivity index (χ3v) is 3.12. The Bertz CT molecular complexity index is 406. The summed E-state index contributed by atoms with van der Waals surface area (Å²) < 4.78 is 5.02. The van der Waals surface area contributed by atoms with Gasteiger partial charge in [-0.05, 0) is 5.56 Å². The number of alkyl carbamates (subject to hydrolysis) is 1. The van der Waals surface area contributed by atoms with Gasteiger partial charge in [0, 0.05) is 18.2 Å². The van der Waals surface area contributed by atoms with Crippen molar-refractivity contribution in [2.45, 2.75) is 32.1 Å². The summed E-state index contributed by atoms with van der Waals surface area (Å²) in [6.45, 7) is 4.47. The molecule has 19 heavy (non-hydrogen) atoms. The summed E-state index contributed by atoms with van der Waals surface area (Å²) in [5.41, 5.74) is 0.934. The van der Waals surface area contributed by atoms with Crippen LogP contribution in [0.1, 0.15) is 25.8 Å². The SMILES string of the molecule is CC(C)SC(=O)CCNC(=O)OCc1ccccc1. The van der Waals surface area contributed by atoms with E-state index in [0.717, 1.165) is 5.56 Å². The Morgan fingerprint density at radius 2 is 1.95 bits per heavy atom. The molecular formula is C14H19NO3S. The minimum atomic E-state index is -0.494. The Kier molecular flexibility index (Phi) is 7.03. The van der Waals surface area contributed by atoms with Gasteiger partial charge in [-0.15, -0.1) is 0 Å². The number of carbonyl (C=O) groups is 2. The molecule has 0 aliphatic carbocycles. The van der Waals surface area contributed by atoms with Crippen LogP contribution in [0.15, 0.2) is 30.3 Å². The van der Waals surface area contributed by atoms with Crippen LogP contribution in [0, 0.1) is 0 Å². The Morgan fingerprint density at radius 3 is 2.58 bits per heavy atom. The summed E-state index contributed by atoms with van der Waals surface area (Å²) in [5.74, 6) is 0. The summed E-state index contributed by atoms with van der Waals surface area (Å²) in [6.07, 6.45) is -0.172. The molecule has 0 aromatic heterocycles. The fraction of sp³-hybridized carbons (Fsp3) is 0.429. The second-order valence-electron chi connectivity index (χ2n) is 4.28. The summed E-state index contributed by atoms with van der Waals surface area (Å²) in [5, 5.41) is 2.92. The minimum Gasteiger partial charge on any atom is -0.445 e. The molecule has 0 aliphatic rings. The van der Waals surface area contributed by atoms with Crippen LogP contribution in [-0.2, 0) is 16.1 Å². The number of hydrogen-bond acceptors (Lipinski definition) is 4. The molecular weight excluding hydrogens is 262 g/mol. The molecule has 0 saturated carbocycles. The molecule has 1 rings (SSSR count). The molecule has 1 N–H and O–H groups in total. The fourth-order valence-corrected chi connectivity index (χ4v) is 2.11. The maximum absolute atomic E-state index is 11.4. The lowest BCUT2D eigenvalue weighted by atomic mass is 10.2. The van der Waals surface area contributed by atoms with E-state index in [0.29, 0.717) is 13.0 Å². The maximum atomic E-state index is 11.4. The molecule has 104 valence electrons. The topological polar surface area (TPSA) is 55.4 Å². The van der Waals surface area contributed by atoms with Gasteiger partial charge in [-0.1, -0.05) is 55.9 Å². The van der Waals surface area contributed by atoms with Crippen molar-refractivity contribution in [3.8, 4) is 0 Å². The number of rotatable bonds is 6. The first kappa shape index (κ1) is 15.6. The second-order valence-corrected chi connectivity index (χ2v) is 5.91. The quantitative estimate of drug-likeness (QED) is 0.871. The zero-order valence-corrected chi connectivity index (χ0v) is 12.0. The molecule has 0 saturated heterocycles. The zero-order chi connectivity index (χ0) is 14.1. The minimum absolute atomic E-state index is 0.0818. The Balaban J connectivity index is 2.13. The van der Waals surface area contributed by atoms with Crippen LogP contribution < -0.4 is 5.32 Å². The van der Waals surface area contributed by atoms with Crippen molar-refractivity contribution >= 4 is 23.0 Å². The average Bonchev–Trinajstić information content (AvgIpc) is 2.36. The Labute approximate surface area is 117 Å². The van der Waals surface area contributed by atoms with Crippen LogP contribution >= 0.6 is 11.8 Å². The van der Waals surface area contributed by atoms with Gasteiger partial charge in [0.1, 0.15) is 6.61 Å². The number of carbonyl (C=O) groups excluding carboxylic acids is 2. The van der Waals surface area contributed by atoms with E-state index in [-0.39, 0.29) is 17.0 Å². The molecule has 0 fully saturated rings.